The summed E-state index contributed by atoms with van der Waals surface area (Å²) in [4.78, 5) is 0.317. The molecule has 0 saturated carbocycles. The Morgan fingerprint density at radius 2 is 1.95 bits per heavy atom. The van der Waals surface area contributed by atoms with Gasteiger partial charge in [0.15, 0.2) is 0 Å². The number of sulfonamides is 1. The highest BCUT2D eigenvalue weighted by Crippen LogP contribution is 2.21. The van der Waals surface area contributed by atoms with Crippen LogP contribution < -0.4 is 10.1 Å². The van der Waals surface area contributed by atoms with Crippen LogP contribution in [0.3, 0.4) is 0 Å². The Labute approximate surface area is 120 Å². The van der Waals surface area contributed by atoms with Crippen molar-refractivity contribution in [2.75, 3.05) is 26.7 Å². The van der Waals surface area contributed by atoms with Crippen molar-refractivity contribution in [1.82, 2.24) is 9.62 Å². The monoisotopic (exact) mass is 306 g/mol. The summed E-state index contributed by atoms with van der Waals surface area (Å²) < 4.78 is 31.5. The van der Waals surface area contributed by atoms with Crippen molar-refractivity contribution in [1.29, 1.82) is 0 Å². The minimum atomic E-state index is -3.40. The molecule has 0 radical (unpaired) electrons. The number of benzene rings is 1. The summed E-state index contributed by atoms with van der Waals surface area (Å²) in [6.07, 6.45) is 0. The van der Waals surface area contributed by atoms with Gasteiger partial charge in [0, 0.05) is 25.7 Å². The number of ether oxygens (including phenoxy) is 1. The summed E-state index contributed by atoms with van der Waals surface area (Å²) >= 11 is 0. The first-order valence-corrected chi connectivity index (χ1v) is 7.36. The maximum atomic E-state index is 12.5. The quantitative estimate of drug-likeness (QED) is 0.908. The van der Waals surface area contributed by atoms with E-state index in [0.29, 0.717) is 30.3 Å². The fourth-order valence-electron chi connectivity index (χ4n) is 2.06. The molecule has 0 amide bonds. The second-order valence-electron chi connectivity index (χ2n) is 4.34. The van der Waals surface area contributed by atoms with Gasteiger partial charge in [-0.25, -0.2) is 8.42 Å². The molecule has 108 valence electrons. The van der Waals surface area contributed by atoms with Crippen molar-refractivity contribution >= 4 is 22.4 Å². The Morgan fingerprint density at radius 3 is 2.47 bits per heavy atom. The Balaban J connectivity index is 0.00000180. The number of methoxy groups -OCH3 is 1. The third-order valence-corrected chi connectivity index (χ3v) is 5.13. The van der Waals surface area contributed by atoms with Gasteiger partial charge in [-0.05, 0) is 31.2 Å². The summed E-state index contributed by atoms with van der Waals surface area (Å²) in [5, 5.41) is 3.18. The number of piperazine rings is 1. The smallest absolute Gasteiger partial charge is 0.243 e. The average molecular weight is 307 g/mol. The molecule has 0 unspecified atom stereocenters. The lowest BCUT2D eigenvalue weighted by molar-refractivity contribution is 0.284. The highest BCUT2D eigenvalue weighted by atomic mass is 35.5. The highest BCUT2D eigenvalue weighted by molar-refractivity contribution is 7.89. The molecule has 0 aliphatic carbocycles. The molecule has 1 N–H and O–H groups in total. The van der Waals surface area contributed by atoms with Crippen molar-refractivity contribution in [2.45, 2.75) is 17.9 Å². The first kappa shape index (κ1) is 16.2. The number of rotatable bonds is 3. The average Bonchev–Trinajstić information content (AvgIpc) is 2.39. The van der Waals surface area contributed by atoms with Gasteiger partial charge >= 0.3 is 0 Å². The van der Waals surface area contributed by atoms with Gasteiger partial charge < -0.3 is 10.1 Å². The topological polar surface area (TPSA) is 58.6 Å². The van der Waals surface area contributed by atoms with Gasteiger partial charge in [0.25, 0.3) is 0 Å². The zero-order chi connectivity index (χ0) is 13.2. The summed E-state index contributed by atoms with van der Waals surface area (Å²) in [6, 6.07) is 6.48. The van der Waals surface area contributed by atoms with Gasteiger partial charge in [-0.15, -0.1) is 12.4 Å². The molecule has 1 aliphatic heterocycles. The van der Waals surface area contributed by atoms with Crippen LogP contribution in [0.4, 0.5) is 0 Å². The van der Waals surface area contributed by atoms with Gasteiger partial charge in [0.05, 0.1) is 12.0 Å². The van der Waals surface area contributed by atoms with Gasteiger partial charge in [-0.3, -0.25) is 0 Å². The summed E-state index contributed by atoms with van der Waals surface area (Å²) in [5.74, 6) is 0.655. The van der Waals surface area contributed by atoms with E-state index in [-0.39, 0.29) is 18.4 Å². The number of nitrogens with one attached hydrogen (secondary N) is 1. The molecular weight excluding hydrogens is 288 g/mol. The predicted molar refractivity (Wildman–Crippen MR) is 76.5 cm³/mol. The first-order valence-electron chi connectivity index (χ1n) is 5.92. The van der Waals surface area contributed by atoms with Gasteiger partial charge in [0.1, 0.15) is 5.75 Å². The molecule has 2 rings (SSSR count). The molecule has 0 spiro atoms. The lowest BCUT2D eigenvalue weighted by Gasteiger charge is -2.32. The van der Waals surface area contributed by atoms with Crippen LogP contribution in [0.15, 0.2) is 29.2 Å². The lowest BCUT2D eigenvalue weighted by atomic mass is 10.3. The van der Waals surface area contributed by atoms with E-state index in [1.807, 2.05) is 6.92 Å². The molecule has 0 bridgehead atoms. The first-order chi connectivity index (χ1) is 8.55. The van der Waals surface area contributed by atoms with Crippen molar-refractivity contribution in [3.8, 4) is 5.75 Å². The Morgan fingerprint density at radius 1 is 1.32 bits per heavy atom. The number of hydrogen-bond acceptors (Lipinski definition) is 4. The van der Waals surface area contributed by atoms with E-state index < -0.39 is 10.0 Å². The van der Waals surface area contributed by atoms with E-state index in [1.165, 1.54) is 0 Å². The SMILES string of the molecule is COc1ccc(S(=O)(=O)N2CCNC[C@@H]2C)cc1.Cl. The summed E-state index contributed by atoms with van der Waals surface area (Å²) in [7, 11) is -1.84. The molecule has 1 atom stereocenters. The second-order valence-corrected chi connectivity index (χ2v) is 6.23. The molecule has 1 aromatic carbocycles. The Hall–Kier alpha value is -0.820. The minimum absolute atomic E-state index is 0. The van der Waals surface area contributed by atoms with E-state index in [1.54, 1.807) is 35.7 Å². The molecular formula is C12H19ClN2O3S. The van der Waals surface area contributed by atoms with Crippen molar-refractivity contribution in [2.24, 2.45) is 0 Å². The number of halogens is 1. The minimum Gasteiger partial charge on any atom is -0.497 e. The fraction of sp³-hybridized carbons (Fsp3) is 0.500. The maximum absolute atomic E-state index is 12.5. The third kappa shape index (κ3) is 3.39. The van der Waals surface area contributed by atoms with Crippen LogP contribution >= 0.6 is 12.4 Å². The zero-order valence-corrected chi connectivity index (χ0v) is 12.6. The Bertz CT molecular complexity index is 504. The van der Waals surface area contributed by atoms with E-state index in [2.05, 4.69) is 5.32 Å². The van der Waals surface area contributed by atoms with Crippen LogP contribution in [0.5, 0.6) is 5.75 Å². The van der Waals surface area contributed by atoms with Crippen LogP contribution in [0, 0.1) is 0 Å². The molecule has 19 heavy (non-hydrogen) atoms. The van der Waals surface area contributed by atoms with Gasteiger partial charge in [0.2, 0.25) is 10.0 Å². The third-order valence-electron chi connectivity index (χ3n) is 3.11. The molecule has 5 nitrogen and oxygen atoms in total. The number of nitrogens with zero attached hydrogens (tertiary/aromatic N) is 1. The summed E-state index contributed by atoms with van der Waals surface area (Å²) in [5.41, 5.74) is 0. The van der Waals surface area contributed by atoms with Gasteiger partial charge in [-0.2, -0.15) is 4.31 Å². The highest BCUT2D eigenvalue weighted by Gasteiger charge is 2.30. The van der Waals surface area contributed by atoms with Crippen LogP contribution in [0.25, 0.3) is 0 Å². The normalized spacial score (nSPS) is 20.6. The predicted octanol–water partition coefficient (Wildman–Crippen LogP) is 1.10. The van der Waals surface area contributed by atoms with Crippen LogP contribution in [0.2, 0.25) is 0 Å². The Kier molecular flexibility index (Phi) is 5.61. The molecule has 1 aromatic rings. The molecule has 0 aromatic heterocycles. The van der Waals surface area contributed by atoms with Crippen LogP contribution in [0.1, 0.15) is 6.92 Å². The van der Waals surface area contributed by atoms with Crippen molar-refractivity contribution in [3.63, 3.8) is 0 Å². The van der Waals surface area contributed by atoms with Crippen LogP contribution in [-0.2, 0) is 10.0 Å². The van der Waals surface area contributed by atoms with Crippen molar-refractivity contribution in [3.05, 3.63) is 24.3 Å². The van der Waals surface area contributed by atoms with E-state index in [9.17, 15) is 8.42 Å². The largest absolute Gasteiger partial charge is 0.497 e. The van der Waals surface area contributed by atoms with E-state index in [0.717, 1.165) is 0 Å². The van der Waals surface area contributed by atoms with E-state index >= 15 is 0 Å². The molecule has 1 heterocycles. The standard InChI is InChI=1S/C12H18N2O3S.ClH/c1-10-9-13-7-8-14(10)18(15,16)12-5-3-11(17-2)4-6-12;/h3-6,10,13H,7-9H2,1-2H3;1H/t10-;/m0./s1. The lowest BCUT2D eigenvalue weighted by Crippen LogP contribution is -2.52. The molecule has 1 saturated heterocycles. The molecule has 7 heteroatoms. The fourth-order valence-corrected chi connectivity index (χ4v) is 3.69. The van der Waals surface area contributed by atoms with Crippen molar-refractivity contribution < 1.29 is 13.2 Å². The molecule has 1 fully saturated rings. The van der Waals surface area contributed by atoms with Crippen LogP contribution in [-0.4, -0.2) is 45.5 Å². The number of hydrogen-bond donors (Lipinski definition) is 1. The second kappa shape index (κ2) is 6.56. The zero-order valence-electron chi connectivity index (χ0n) is 11.0. The van der Waals surface area contributed by atoms with Gasteiger partial charge in [-0.1, -0.05) is 0 Å². The maximum Gasteiger partial charge on any atom is 0.243 e. The van der Waals surface area contributed by atoms with E-state index in [4.69, 9.17) is 4.74 Å². The summed E-state index contributed by atoms with van der Waals surface area (Å²) in [6.45, 7) is 3.80. The molecule has 1 aliphatic rings.